The fourth-order valence-electron chi connectivity index (χ4n) is 2.76. The molecule has 1 aliphatic heterocycles. The lowest BCUT2D eigenvalue weighted by atomic mass is 10.0. The number of amides is 1. The van der Waals surface area contributed by atoms with Crippen LogP contribution in [-0.2, 0) is 9.53 Å². The Bertz CT molecular complexity index is 876. The van der Waals surface area contributed by atoms with E-state index in [0.717, 1.165) is 16.7 Å². The average Bonchev–Trinajstić information content (AvgIpc) is 2.66. The third-order valence-electron chi connectivity index (χ3n) is 4.11. The van der Waals surface area contributed by atoms with E-state index < -0.39 is 29.1 Å². The summed E-state index contributed by atoms with van der Waals surface area (Å²) in [6.07, 6.45) is 1.26. The van der Waals surface area contributed by atoms with Gasteiger partial charge in [0.1, 0.15) is 5.82 Å². The summed E-state index contributed by atoms with van der Waals surface area (Å²) in [6, 6.07) is 6.00. The van der Waals surface area contributed by atoms with Gasteiger partial charge in [0.05, 0.1) is 18.2 Å². The highest BCUT2D eigenvalue weighted by Gasteiger charge is 2.34. The number of Topliss-reactive ketones (excluding diaryl/α,β-unsaturated/α-hetero) is 1. The molecular formula is C18H16ClFN2O4. The van der Waals surface area contributed by atoms with E-state index in [-0.39, 0.29) is 10.6 Å². The van der Waals surface area contributed by atoms with E-state index in [1.54, 1.807) is 0 Å². The molecule has 1 aromatic heterocycles. The second kappa shape index (κ2) is 7.80. The predicted molar refractivity (Wildman–Crippen MR) is 92.9 cm³/mol. The van der Waals surface area contributed by atoms with Crippen LogP contribution in [0.3, 0.4) is 0 Å². The fraction of sp³-hybridized carbons (Fsp3) is 0.278. The van der Waals surface area contributed by atoms with Crippen molar-refractivity contribution in [2.24, 2.45) is 0 Å². The number of aromatic nitrogens is 1. The number of rotatable bonds is 4. The molecule has 1 atom stereocenters. The van der Waals surface area contributed by atoms with Crippen LogP contribution in [0.1, 0.15) is 16.4 Å². The third kappa shape index (κ3) is 3.84. The van der Waals surface area contributed by atoms with E-state index in [0.29, 0.717) is 26.3 Å². The quantitative estimate of drug-likeness (QED) is 0.602. The van der Waals surface area contributed by atoms with Crippen LogP contribution in [0, 0.1) is 5.82 Å². The molecule has 0 N–H and O–H groups in total. The zero-order chi connectivity index (χ0) is 18.7. The summed E-state index contributed by atoms with van der Waals surface area (Å²) in [7, 11) is 0. The van der Waals surface area contributed by atoms with Crippen molar-refractivity contribution in [1.82, 2.24) is 9.47 Å². The van der Waals surface area contributed by atoms with Crippen LogP contribution in [0.25, 0.3) is 0 Å². The second-order valence-corrected chi connectivity index (χ2v) is 6.24. The maximum Gasteiger partial charge on any atom is 0.254 e. The summed E-state index contributed by atoms with van der Waals surface area (Å²) in [5.41, 5.74) is -0.402. The molecule has 1 amide bonds. The Kier molecular flexibility index (Phi) is 5.49. The molecule has 2 aromatic rings. The maximum atomic E-state index is 13.2. The molecule has 0 saturated carbocycles. The zero-order valence-electron chi connectivity index (χ0n) is 13.7. The van der Waals surface area contributed by atoms with Gasteiger partial charge >= 0.3 is 0 Å². The van der Waals surface area contributed by atoms with E-state index in [4.69, 9.17) is 16.3 Å². The van der Waals surface area contributed by atoms with Gasteiger partial charge in [0.2, 0.25) is 0 Å². The van der Waals surface area contributed by atoms with Crippen LogP contribution in [0.15, 0.2) is 47.4 Å². The first-order valence-corrected chi connectivity index (χ1v) is 8.39. The molecule has 26 heavy (non-hydrogen) atoms. The number of hydrogen-bond donors (Lipinski definition) is 0. The first-order valence-electron chi connectivity index (χ1n) is 8.01. The van der Waals surface area contributed by atoms with Crippen LogP contribution in [0.2, 0.25) is 5.02 Å². The van der Waals surface area contributed by atoms with E-state index in [1.807, 2.05) is 0 Å². The molecule has 0 spiro atoms. The van der Waals surface area contributed by atoms with Gasteiger partial charge in [0.25, 0.3) is 11.5 Å². The van der Waals surface area contributed by atoms with Gasteiger partial charge in [0.15, 0.2) is 11.8 Å². The summed E-state index contributed by atoms with van der Waals surface area (Å²) in [4.78, 5) is 39.8. The molecule has 0 aliphatic carbocycles. The Hall–Kier alpha value is -2.51. The third-order valence-corrected chi connectivity index (χ3v) is 4.34. The summed E-state index contributed by atoms with van der Waals surface area (Å²) in [5, 5.41) is 0.219. The highest BCUT2D eigenvalue weighted by Crippen LogP contribution is 2.19. The molecule has 1 aliphatic rings. The Morgan fingerprint density at radius 3 is 2.38 bits per heavy atom. The van der Waals surface area contributed by atoms with Gasteiger partial charge in [-0.1, -0.05) is 11.6 Å². The average molecular weight is 379 g/mol. The minimum Gasteiger partial charge on any atom is -0.378 e. The summed E-state index contributed by atoms with van der Waals surface area (Å²) in [5.74, 6) is -1.63. The Labute approximate surface area is 153 Å². The first kappa shape index (κ1) is 18.3. The van der Waals surface area contributed by atoms with E-state index in [2.05, 4.69) is 0 Å². The lowest BCUT2D eigenvalue weighted by molar-refractivity contribution is -0.137. The summed E-state index contributed by atoms with van der Waals surface area (Å²) < 4.78 is 19.4. The zero-order valence-corrected chi connectivity index (χ0v) is 14.5. The van der Waals surface area contributed by atoms with Crippen molar-refractivity contribution in [3.05, 3.63) is 69.4 Å². The molecule has 1 aromatic carbocycles. The molecule has 0 bridgehead atoms. The minimum absolute atomic E-state index is 0.130. The van der Waals surface area contributed by atoms with E-state index >= 15 is 0 Å². The van der Waals surface area contributed by atoms with Crippen molar-refractivity contribution in [3.63, 3.8) is 0 Å². The molecule has 136 valence electrons. The van der Waals surface area contributed by atoms with Gasteiger partial charge in [-0.25, -0.2) is 4.39 Å². The number of ketones is 1. The highest BCUT2D eigenvalue weighted by molar-refractivity contribution is 6.30. The number of pyridine rings is 1. The number of carbonyl (C=O) groups excluding carboxylic acids is 2. The minimum atomic E-state index is -1.41. The van der Waals surface area contributed by atoms with Crippen molar-refractivity contribution in [3.8, 4) is 0 Å². The molecule has 3 rings (SSSR count). The van der Waals surface area contributed by atoms with E-state index in [9.17, 15) is 18.8 Å². The lowest BCUT2D eigenvalue weighted by Crippen LogP contribution is -2.48. The summed E-state index contributed by atoms with van der Waals surface area (Å²) >= 11 is 5.96. The van der Waals surface area contributed by atoms with Gasteiger partial charge in [-0.05, 0) is 30.3 Å². The normalized spacial score (nSPS) is 15.5. The van der Waals surface area contributed by atoms with E-state index in [1.165, 1.54) is 35.4 Å². The Morgan fingerprint density at radius 2 is 1.73 bits per heavy atom. The monoisotopic (exact) mass is 378 g/mol. The van der Waals surface area contributed by atoms with Crippen molar-refractivity contribution in [1.29, 1.82) is 0 Å². The molecule has 1 saturated heterocycles. The van der Waals surface area contributed by atoms with Crippen LogP contribution in [0.4, 0.5) is 4.39 Å². The SMILES string of the molecule is O=C(c1ccc(F)cc1)C(C(=O)N1CCOCC1)n1cc(Cl)ccc1=O. The number of carbonyl (C=O) groups is 2. The van der Waals surface area contributed by atoms with Gasteiger partial charge in [-0.2, -0.15) is 0 Å². The molecule has 6 nitrogen and oxygen atoms in total. The highest BCUT2D eigenvalue weighted by atomic mass is 35.5. The fourth-order valence-corrected chi connectivity index (χ4v) is 2.93. The summed E-state index contributed by atoms with van der Waals surface area (Å²) in [6.45, 7) is 1.35. The number of nitrogens with zero attached hydrogens (tertiary/aromatic N) is 2. The van der Waals surface area contributed by atoms with Crippen LogP contribution < -0.4 is 5.56 Å². The van der Waals surface area contributed by atoms with Gasteiger partial charge in [0, 0.05) is 30.9 Å². The Balaban J connectivity index is 2.04. The number of benzene rings is 1. The number of hydrogen-bond acceptors (Lipinski definition) is 4. The van der Waals surface area contributed by atoms with Crippen molar-refractivity contribution >= 4 is 23.3 Å². The van der Waals surface area contributed by atoms with Crippen LogP contribution in [-0.4, -0.2) is 47.5 Å². The lowest BCUT2D eigenvalue weighted by Gasteiger charge is -2.30. The van der Waals surface area contributed by atoms with Crippen molar-refractivity contribution in [2.75, 3.05) is 26.3 Å². The molecule has 2 heterocycles. The largest absolute Gasteiger partial charge is 0.378 e. The van der Waals surface area contributed by atoms with Gasteiger partial charge < -0.3 is 9.64 Å². The van der Waals surface area contributed by atoms with Crippen molar-refractivity contribution in [2.45, 2.75) is 6.04 Å². The van der Waals surface area contributed by atoms with Crippen molar-refractivity contribution < 1.29 is 18.7 Å². The number of morpholine rings is 1. The smallest absolute Gasteiger partial charge is 0.254 e. The second-order valence-electron chi connectivity index (χ2n) is 5.80. The number of halogens is 2. The molecular weight excluding hydrogens is 363 g/mol. The Morgan fingerprint density at radius 1 is 1.08 bits per heavy atom. The molecule has 8 heteroatoms. The molecule has 1 fully saturated rings. The predicted octanol–water partition coefficient (Wildman–Crippen LogP) is 1.92. The topological polar surface area (TPSA) is 68.6 Å². The standard InChI is InChI=1S/C18H16ClFN2O4/c19-13-3-6-15(23)22(11-13)16(18(25)21-7-9-26-10-8-21)17(24)12-1-4-14(20)5-2-12/h1-6,11,16H,7-10H2. The number of ether oxygens (including phenoxy) is 1. The first-order chi connectivity index (χ1) is 12.5. The van der Waals surface area contributed by atoms with Gasteiger partial charge in [-0.3, -0.25) is 19.0 Å². The maximum absolute atomic E-state index is 13.2. The van der Waals surface area contributed by atoms with Crippen LogP contribution >= 0.6 is 11.6 Å². The molecule has 0 radical (unpaired) electrons. The van der Waals surface area contributed by atoms with Gasteiger partial charge in [-0.15, -0.1) is 0 Å². The molecule has 1 unspecified atom stereocenters. The van der Waals surface area contributed by atoms with Crippen LogP contribution in [0.5, 0.6) is 0 Å².